The Morgan fingerprint density at radius 2 is 2.22 bits per heavy atom. The lowest BCUT2D eigenvalue weighted by molar-refractivity contribution is 0.360. The molecule has 3 atom stereocenters. The van der Waals surface area contributed by atoms with Crippen molar-refractivity contribution in [3.63, 3.8) is 0 Å². The van der Waals surface area contributed by atoms with Crippen molar-refractivity contribution in [2.24, 2.45) is 5.92 Å². The lowest BCUT2D eigenvalue weighted by Crippen LogP contribution is -2.30. The Morgan fingerprint density at radius 3 is 2.83 bits per heavy atom. The minimum atomic E-state index is 0.462. The largest absolute Gasteiger partial charge is 0.449 e. The van der Waals surface area contributed by atoms with Crippen LogP contribution in [0.3, 0.4) is 0 Å². The molecule has 1 unspecified atom stereocenters. The third kappa shape index (κ3) is 3.14. The molecular weight excluding hydrogens is 224 g/mol. The normalized spacial score (nSPS) is 28.1. The van der Waals surface area contributed by atoms with E-state index in [2.05, 4.69) is 31.1 Å². The van der Waals surface area contributed by atoms with Crippen LogP contribution in [0.4, 0.5) is 0 Å². The summed E-state index contributed by atoms with van der Waals surface area (Å²) >= 11 is 0. The number of nitrogens with one attached hydrogen (secondary N) is 1. The monoisotopic (exact) mass is 250 g/mol. The Hall–Kier alpha value is -0.830. The number of rotatable bonds is 6. The third-order valence-corrected chi connectivity index (χ3v) is 4.40. The van der Waals surface area contributed by atoms with E-state index >= 15 is 0 Å². The van der Waals surface area contributed by atoms with Crippen molar-refractivity contribution >= 4 is 0 Å². The number of hydrogen-bond acceptors (Lipinski definition) is 3. The van der Waals surface area contributed by atoms with Gasteiger partial charge < -0.3 is 9.73 Å². The zero-order valence-corrected chi connectivity index (χ0v) is 11.9. The van der Waals surface area contributed by atoms with Gasteiger partial charge in [-0.1, -0.05) is 26.7 Å². The highest BCUT2D eigenvalue weighted by atomic mass is 16.3. The first-order valence-electron chi connectivity index (χ1n) is 7.40. The maximum absolute atomic E-state index is 5.50. The van der Waals surface area contributed by atoms with Crippen molar-refractivity contribution < 1.29 is 4.42 Å². The van der Waals surface area contributed by atoms with Gasteiger partial charge in [-0.25, -0.2) is 4.98 Å². The molecule has 18 heavy (non-hydrogen) atoms. The summed E-state index contributed by atoms with van der Waals surface area (Å²) in [7, 11) is 0. The number of aromatic nitrogens is 1. The van der Waals surface area contributed by atoms with Crippen LogP contribution in [0, 0.1) is 5.92 Å². The van der Waals surface area contributed by atoms with Crippen LogP contribution in [-0.4, -0.2) is 17.1 Å². The van der Waals surface area contributed by atoms with E-state index in [4.69, 9.17) is 4.42 Å². The molecule has 1 fully saturated rings. The fraction of sp³-hybridized carbons (Fsp3) is 0.800. The Labute approximate surface area is 110 Å². The molecule has 0 saturated carbocycles. The van der Waals surface area contributed by atoms with E-state index in [0.29, 0.717) is 18.0 Å². The van der Waals surface area contributed by atoms with Gasteiger partial charge in [-0.05, 0) is 32.1 Å². The molecule has 0 radical (unpaired) electrons. The first kappa shape index (κ1) is 13.6. The molecule has 1 aromatic rings. The fourth-order valence-electron chi connectivity index (χ4n) is 3.18. The lowest BCUT2D eigenvalue weighted by atomic mass is 9.90. The average molecular weight is 250 g/mol. The van der Waals surface area contributed by atoms with Crippen LogP contribution in [0.25, 0.3) is 0 Å². The fourth-order valence-corrected chi connectivity index (χ4v) is 3.18. The Morgan fingerprint density at radius 1 is 1.44 bits per heavy atom. The van der Waals surface area contributed by atoms with Gasteiger partial charge in [0.2, 0.25) is 0 Å². The smallest absolute Gasteiger partial charge is 0.198 e. The zero-order valence-electron chi connectivity index (χ0n) is 11.9. The number of oxazole rings is 1. The quantitative estimate of drug-likeness (QED) is 0.836. The van der Waals surface area contributed by atoms with Gasteiger partial charge in [-0.3, -0.25) is 0 Å². The second-order valence-electron chi connectivity index (χ2n) is 5.65. The minimum Gasteiger partial charge on any atom is -0.449 e. The molecule has 1 N–H and O–H groups in total. The SMILES string of the molecule is CCC(CC)CCC1N[C@@H](C)C[C@H]1c1ncco1. The summed E-state index contributed by atoms with van der Waals surface area (Å²) in [6, 6.07) is 1.12. The first-order valence-corrected chi connectivity index (χ1v) is 7.40. The number of nitrogens with zero attached hydrogens (tertiary/aromatic N) is 1. The van der Waals surface area contributed by atoms with E-state index in [1.165, 1.54) is 25.7 Å². The molecule has 3 heteroatoms. The van der Waals surface area contributed by atoms with Crippen molar-refractivity contribution in [2.75, 3.05) is 0 Å². The molecule has 1 saturated heterocycles. The standard InChI is InChI=1S/C15H26N2O/c1-4-12(5-2)6-7-14-13(10-11(3)17-14)15-16-8-9-18-15/h8-9,11-14,17H,4-7,10H2,1-3H3/t11-,13+,14?/m0/s1. The van der Waals surface area contributed by atoms with E-state index in [-0.39, 0.29) is 0 Å². The van der Waals surface area contributed by atoms with Gasteiger partial charge >= 0.3 is 0 Å². The van der Waals surface area contributed by atoms with Crippen LogP contribution in [0.15, 0.2) is 16.9 Å². The third-order valence-electron chi connectivity index (χ3n) is 4.40. The van der Waals surface area contributed by atoms with Crippen molar-refractivity contribution in [3.05, 3.63) is 18.4 Å². The Kier molecular flexibility index (Phi) is 4.81. The maximum Gasteiger partial charge on any atom is 0.198 e. The second-order valence-corrected chi connectivity index (χ2v) is 5.65. The molecule has 1 aromatic heterocycles. The minimum absolute atomic E-state index is 0.462. The van der Waals surface area contributed by atoms with Crippen LogP contribution >= 0.6 is 0 Å². The highest BCUT2D eigenvalue weighted by molar-refractivity contribution is 5.04. The molecule has 102 valence electrons. The molecule has 2 heterocycles. The maximum atomic E-state index is 5.50. The average Bonchev–Trinajstić information content (AvgIpc) is 2.99. The highest BCUT2D eigenvalue weighted by Gasteiger charge is 2.35. The van der Waals surface area contributed by atoms with Gasteiger partial charge in [-0.2, -0.15) is 0 Å². The summed E-state index contributed by atoms with van der Waals surface area (Å²) in [5.41, 5.74) is 0. The van der Waals surface area contributed by atoms with Crippen molar-refractivity contribution in [2.45, 2.75) is 70.9 Å². The lowest BCUT2D eigenvalue weighted by Gasteiger charge is -2.20. The van der Waals surface area contributed by atoms with Gasteiger partial charge in [0, 0.05) is 12.1 Å². The first-order chi connectivity index (χ1) is 8.74. The summed E-state index contributed by atoms with van der Waals surface area (Å²) in [5.74, 6) is 2.25. The molecule has 0 spiro atoms. The van der Waals surface area contributed by atoms with Gasteiger partial charge in [0.05, 0.1) is 12.1 Å². The van der Waals surface area contributed by atoms with Crippen LogP contribution in [0.5, 0.6) is 0 Å². The molecule has 2 rings (SSSR count). The second kappa shape index (κ2) is 6.37. The molecule has 0 amide bonds. The predicted molar refractivity (Wildman–Crippen MR) is 73.6 cm³/mol. The molecule has 0 bridgehead atoms. The van der Waals surface area contributed by atoms with Gasteiger partial charge in [0.15, 0.2) is 5.89 Å². The van der Waals surface area contributed by atoms with Crippen LogP contribution in [0.2, 0.25) is 0 Å². The summed E-state index contributed by atoms with van der Waals surface area (Å²) in [4.78, 5) is 4.34. The van der Waals surface area contributed by atoms with Crippen LogP contribution in [0.1, 0.15) is 64.7 Å². The summed E-state index contributed by atoms with van der Waals surface area (Å²) < 4.78 is 5.50. The number of hydrogen-bond donors (Lipinski definition) is 1. The molecular formula is C15H26N2O. The van der Waals surface area contributed by atoms with Crippen LogP contribution in [-0.2, 0) is 0 Å². The van der Waals surface area contributed by atoms with Gasteiger partial charge in [0.25, 0.3) is 0 Å². The van der Waals surface area contributed by atoms with Crippen molar-refractivity contribution in [1.82, 2.24) is 10.3 Å². The summed E-state index contributed by atoms with van der Waals surface area (Å²) in [5, 5.41) is 3.70. The highest BCUT2D eigenvalue weighted by Crippen LogP contribution is 2.33. The Bertz CT molecular complexity index is 332. The van der Waals surface area contributed by atoms with Crippen molar-refractivity contribution in [3.8, 4) is 0 Å². The zero-order chi connectivity index (χ0) is 13.0. The predicted octanol–water partition coefficient (Wildman–Crippen LogP) is 3.73. The van der Waals surface area contributed by atoms with Crippen molar-refractivity contribution in [1.29, 1.82) is 0 Å². The molecule has 3 nitrogen and oxygen atoms in total. The topological polar surface area (TPSA) is 38.1 Å². The van der Waals surface area contributed by atoms with E-state index in [1.807, 2.05) is 0 Å². The molecule has 1 aliphatic rings. The molecule has 0 aromatic carbocycles. The van der Waals surface area contributed by atoms with E-state index in [1.54, 1.807) is 12.5 Å². The van der Waals surface area contributed by atoms with E-state index < -0.39 is 0 Å². The van der Waals surface area contributed by atoms with Gasteiger partial charge in [0.1, 0.15) is 6.26 Å². The molecule has 0 aliphatic carbocycles. The van der Waals surface area contributed by atoms with Crippen LogP contribution < -0.4 is 5.32 Å². The van der Waals surface area contributed by atoms with E-state index in [9.17, 15) is 0 Å². The summed E-state index contributed by atoms with van der Waals surface area (Å²) in [6.07, 6.45) is 9.74. The summed E-state index contributed by atoms with van der Waals surface area (Å²) in [6.45, 7) is 6.85. The van der Waals surface area contributed by atoms with E-state index in [0.717, 1.165) is 18.2 Å². The Balaban J connectivity index is 1.93. The van der Waals surface area contributed by atoms with Gasteiger partial charge in [-0.15, -0.1) is 0 Å². The molecule has 1 aliphatic heterocycles.